The highest BCUT2D eigenvalue weighted by atomic mass is 32.1. The third kappa shape index (κ3) is 4.22. The average Bonchev–Trinajstić information content (AvgIpc) is 2.58. The Kier molecular flexibility index (Phi) is 5.83. The number of thiophene rings is 1. The Bertz CT molecular complexity index is 247. The maximum absolute atomic E-state index is 4.99. The first kappa shape index (κ1) is 11.7. The topological polar surface area (TPSA) is 21.3 Å². The van der Waals surface area contributed by atoms with Crippen LogP contribution in [0.25, 0.3) is 0 Å². The first-order valence-corrected chi connectivity index (χ1v) is 5.95. The fourth-order valence-corrected chi connectivity index (χ4v) is 2.16. The molecule has 0 spiro atoms. The first-order valence-electron chi connectivity index (χ1n) is 5.07. The highest BCUT2D eigenvalue weighted by molar-refractivity contribution is 7.10. The van der Waals surface area contributed by atoms with E-state index in [1.54, 1.807) is 7.11 Å². The molecule has 14 heavy (non-hydrogen) atoms. The van der Waals surface area contributed by atoms with Crippen LogP contribution in [0, 0.1) is 6.92 Å². The van der Waals surface area contributed by atoms with Crippen molar-refractivity contribution >= 4 is 11.3 Å². The highest BCUT2D eigenvalue weighted by Crippen LogP contribution is 2.14. The van der Waals surface area contributed by atoms with Gasteiger partial charge in [-0.05, 0) is 43.3 Å². The third-order valence-corrected chi connectivity index (χ3v) is 3.23. The van der Waals surface area contributed by atoms with Gasteiger partial charge in [0, 0.05) is 25.1 Å². The molecule has 0 unspecified atom stereocenters. The number of hydrogen-bond acceptors (Lipinski definition) is 3. The maximum Gasteiger partial charge on any atom is 0.0462 e. The van der Waals surface area contributed by atoms with Gasteiger partial charge in [0.05, 0.1) is 0 Å². The molecule has 0 bridgehead atoms. The van der Waals surface area contributed by atoms with Crippen LogP contribution in [0.4, 0.5) is 0 Å². The van der Waals surface area contributed by atoms with Crippen LogP contribution in [0.5, 0.6) is 0 Å². The number of ether oxygens (including phenoxy) is 1. The van der Waals surface area contributed by atoms with Gasteiger partial charge in [0.15, 0.2) is 0 Å². The molecule has 1 rings (SSSR count). The van der Waals surface area contributed by atoms with Gasteiger partial charge >= 0.3 is 0 Å². The van der Waals surface area contributed by atoms with Gasteiger partial charge in [-0.3, -0.25) is 0 Å². The van der Waals surface area contributed by atoms with Gasteiger partial charge < -0.3 is 10.1 Å². The zero-order chi connectivity index (χ0) is 10.2. The molecule has 0 fully saturated rings. The number of unbranched alkanes of at least 4 members (excludes halogenated alkanes) is 1. The molecule has 0 amide bonds. The molecule has 0 aliphatic rings. The number of nitrogens with one attached hydrogen (secondary N) is 1. The van der Waals surface area contributed by atoms with Crippen LogP contribution in [0.15, 0.2) is 11.4 Å². The average molecular weight is 213 g/mol. The molecule has 0 aliphatic heterocycles. The molecule has 0 aliphatic carbocycles. The molecule has 0 aromatic carbocycles. The molecule has 2 nitrogen and oxygen atoms in total. The standard InChI is InChI=1S/C11H19NOS/c1-10-5-8-14-11(10)9-12-6-3-4-7-13-2/h5,8,12H,3-4,6-7,9H2,1-2H3. The first-order chi connectivity index (χ1) is 6.84. The molecule has 0 saturated carbocycles. The molecule has 1 N–H and O–H groups in total. The largest absolute Gasteiger partial charge is 0.385 e. The Morgan fingerprint density at radius 1 is 1.43 bits per heavy atom. The SMILES string of the molecule is COCCCCNCc1sccc1C. The van der Waals surface area contributed by atoms with Crippen molar-refractivity contribution < 1.29 is 4.74 Å². The second kappa shape index (κ2) is 6.98. The van der Waals surface area contributed by atoms with E-state index in [1.807, 2.05) is 11.3 Å². The molecule has 0 saturated heterocycles. The Hall–Kier alpha value is -0.380. The van der Waals surface area contributed by atoms with E-state index in [1.165, 1.54) is 16.9 Å². The fourth-order valence-electron chi connectivity index (χ4n) is 1.28. The lowest BCUT2D eigenvalue weighted by atomic mass is 10.3. The Morgan fingerprint density at radius 2 is 2.29 bits per heavy atom. The van der Waals surface area contributed by atoms with Crippen molar-refractivity contribution in [1.29, 1.82) is 0 Å². The number of rotatable bonds is 7. The predicted octanol–water partition coefficient (Wildman–Crippen LogP) is 2.57. The normalized spacial score (nSPS) is 10.7. The molecule has 1 aromatic heterocycles. The second-order valence-electron chi connectivity index (χ2n) is 3.40. The quantitative estimate of drug-likeness (QED) is 0.703. The van der Waals surface area contributed by atoms with E-state index in [9.17, 15) is 0 Å². The summed E-state index contributed by atoms with van der Waals surface area (Å²) < 4.78 is 4.99. The smallest absolute Gasteiger partial charge is 0.0462 e. The number of hydrogen-bond donors (Lipinski definition) is 1. The van der Waals surface area contributed by atoms with E-state index in [2.05, 4.69) is 23.7 Å². The molecule has 1 heterocycles. The second-order valence-corrected chi connectivity index (χ2v) is 4.40. The van der Waals surface area contributed by atoms with Crippen molar-refractivity contribution in [2.45, 2.75) is 26.3 Å². The molecular weight excluding hydrogens is 194 g/mol. The molecule has 3 heteroatoms. The lowest BCUT2D eigenvalue weighted by molar-refractivity contribution is 0.192. The number of aryl methyl sites for hydroxylation is 1. The molecular formula is C11H19NOS. The van der Waals surface area contributed by atoms with Crippen LogP contribution in [0.2, 0.25) is 0 Å². The van der Waals surface area contributed by atoms with Crippen molar-refractivity contribution in [2.24, 2.45) is 0 Å². The van der Waals surface area contributed by atoms with Crippen molar-refractivity contribution in [2.75, 3.05) is 20.3 Å². The van der Waals surface area contributed by atoms with Crippen LogP contribution in [0.3, 0.4) is 0 Å². The summed E-state index contributed by atoms with van der Waals surface area (Å²) in [6, 6.07) is 2.17. The fraction of sp³-hybridized carbons (Fsp3) is 0.636. The van der Waals surface area contributed by atoms with Crippen LogP contribution in [-0.2, 0) is 11.3 Å². The predicted molar refractivity (Wildman–Crippen MR) is 61.9 cm³/mol. The van der Waals surface area contributed by atoms with Crippen molar-refractivity contribution in [3.05, 3.63) is 21.9 Å². The summed E-state index contributed by atoms with van der Waals surface area (Å²) in [4.78, 5) is 1.46. The Labute approximate surface area is 90.3 Å². The van der Waals surface area contributed by atoms with Crippen molar-refractivity contribution in [3.63, 3.8) is 0 Å². The minimum Gasteiger partial charge on any atom is -0.385 e. The van der Waals surface area contributed by atoms with Gasteiger partial charge in [-0.15, -0.1) is 11.3 Å². The summed E-state index contributed by atoms with van der Waals surface area (Å²) in [5.74, 6) is 0. The highest BCUT2D eigenvalue weighted by Gasteiger charge is 1.97. The zero-order valence-corrected chi connectivity index (χ0v) is 9.82. The minimum atomic E-state index is 0.875. The summed E-state index contributed by atoms with van der Waals surface area (Å²) in [5.41, 5.74) is 1.40. The van der Waals surface area contributed by atoms with Crippen molar-refractivity contribution in [1.82, 2.24) is 5.32 Å². The van der Waals surface area contributed by atoms with Gasteiger partial charge in [-0.1, -0.05) is 0 Å². The minimum absolute atomic E-state index is 0.875. The molecule has 0 atom stereocenters. The summed E-state index contributed by atoms with van der Waals surface area (Å²) in [5, 5.41) is 5.59. The monoisotopic (exact) mass is 213 g/mol. The Morgan fingerprint density at radius 3 is 2.93 bits per heavy atom. The van der Waals surface area contributed by atoms with E-state index in [0.717, 1.165) is 26.1 Å². The van der Waals surface area contributed by atoms with Crippen LogP contribution >= 0.6 is 11.3 Å². The van der Waals surface area contributed by atoms with Crippen LogP contribution in [-0.4, -0.2) is 20.3 Å². The summed E-state index contributed by atoms with van der Waals surface area (Å²) in [6.07, 6.45) is 2.34. The summed E-state index contributed by atoms with van der Waals surface area (Å²) in [6.45, 7) is 5.13. The zero-order valence-electron chi connectivity index (χ0n) is 9.01. The third-order valence-electron chi connectivity index (χ3n) is 2.21. The van der Waals surface area contributed by atoms with Gasteiger partial charge in [0.1, 0.15) is 0 Å². The molecule has 0 radical (unpaired) electrons. The van der Waals surface area contributed by atoms with Gasteiger partial charge in [0.2, 0.25) is 0 Å². The van der Waals surface area contributed by atoms with E-state index >= 15 is 0 Å². The summed E-state index contributed by atoms with van der Waals surface area (Å²) in [7, 11) is 1.75. The Balaban J connectivity index is 2.02. The van der Waals surface area contributed by atoms with Crippen LogP contribution in [0.1, 0.15) is 23.3 Å². The lowest BCUT2D eigenvalue weighted by Crippen LogP contribution is -2.14. The lowest BCUT2D eigenvalue weighted by Gasteiger charge is -2.03. The van der Waals surface area contributed by atoms with E-state index in [0.29, 0.717) is 0 Å². The van der Waals surface area contributed by atoms with Gasteiger partial charge in [0.25, 0.3) is 0 Å². The maximum atomic E-state index is 4.99. The van der Waals surface area contributed by atoms with Crippen LogP contribution < -0.4 is 5.32 Å². The van der Waals surface area contributed by atoms with Gasteiger partial charge in [-0.25, -0.2) is 0 Å². The number of methoxy groups -OCH3 is 1. The van der Waals surface area contributed by atoms with E-state index in [-0.39, 0.29) is 0 Å². The van der Waals surface area contributed by atoms with E-state index in [4.69, 9.17) is 4.74 Å². The molecule has 1 aromatic rings. The van der Waals surface area contributed by atoms with E-state index < -0.39 is 0 Å². The van der Waals surface area contributed by atoms with Crippen molar-refractivity contribution in [3.8, 4) is 0 Å². The summed E-state index contributed by atoms with van der Waals surface area (Å²) >= 11 is 1.83. The molecule has 80 valence electrons. The van der Waals surface area contributed by atoms with Gasteiger partial charge in [-0.2, -0.15) is 0 Å².